The number of guanidine groups is 1. The smallest absolute Gasteiger partial charge is 0.287 e. The summed E-state index contributed by atoms with van der Waals surface area (Å²) >= 11 is 0. The Morgan fingerprint density at radius 2 is 2.00 bits per heavy atom. The van der Waals surface area contributed by atoms with Crippen LogP contribution in [-0.4, -0.2) is 25.9 Å². The highest BCUT2D eigenvalue weighted by Gasteiger charge is 2.29. The van der Waals surface area contributed by atoms with Crippen molar-refractivity contribution < 1.29 is 17.2 Å². The lowest BCUT2D eigenvalue weighted by atomic mass is 10.3. The Balaban J connectivity index is 2.09. The van der Waals surface area contributed by atoms with Gasteiger partial charge in [-0.2, -0.15) is 8.42 Å². The van der Waals surface area contributed by atoms with Crippen molar-refractivity contribution in [2.45, 2.75) is 11.8 Å². The first-order valence-electron chi connectivity index (χ1n) is 6.71. The van der Waals surface area contributed by atoms with E-state index in [1.807, 2.05) is 0 Å². The Hall–Kier alpha value is -2.55. The van der Waals surface area contributed by atoms with E-state index < -0.39 is 26.6 Å². The van der Waals surface area contributed by atoms with Gasteiger partial charge >= 0.3 is 0 Å². The Morgan fingerprint density at radius 1 is 1.26 bits per heavy atom. The SMILES string of the molecule is CCN(C1=NS(=O)(=O)c2cc(F)c(F)cc2N1)c1cccnc1. The molecule has 6 nitrogen and oxygen atoms in total. The summed E-state index contributed by atoms with van der Waals surface area (Å²) in [4.78, 5) is 5.13. The van der Waals surface area contributed by atoms with Crippen LogP contribution in [0, 0.1) is 11.6 Å². The second-order valence-corrected chi connectivity index (χ2v) is 6.31. The minimum atomic E-state index is -4.14. The first-order valence-corrected chi connectivity index (χ1v) is 8.15. The lowest BCUT2D eigenvalue weighted by molar-refractivity contribution is 0.505. The van der Waals surface area contributed by atoms with Crippen molar-refractivity contribution in [2.75, 3.05) is 16.8 Å². The van der Waals surface area contributed by atoms with Crippen LogP contribution in [0.4, 0.5) is 20.2 Å². The molecule has 120 valence electrons. The van der Waals surface area contributed by atoms with Crippen LogP contribution >= 0.6 is 0 Å². The molecule has 0 aliphatic carbocycles. The number of aromatic nitrogens is 1. The number of halogens is 2. The number of benzene rings is 1. The molecule has 0 radical (unpaired) electrons. The monoisotopic (exact) mass is 338 g/mol. The molecular formula is C14H12F2N4O2S. The third-order valence-corrected chi connectivity index (χ3v) is 4.59. The molecule has 2 aromatic rings. The number of nitrogens with zero attached hydrogens (tertiary/aromatic N) is 3. The van der Waals surface area contributed by atoms with Gasteiger partial charge in [0.05, 0.1) is 17.6 Å². The average Bonchev–Trinajstić information content (AvgIpc) is 2.51. The molecule has 1 aliphatic heterocycles. The quantitative estimate of drug-likeness (QED) is 0.910. The first kappa shape index (κ1) is 15.3. The number of hydrogen-bond acceptors (Lipinski definition) is 5. The van der Waals surface area contributed by atoms with Gasteiger partial charge in [-0.15, -0.1) is 4.40 Å². The molecule has 23 heavy (non-hydrogen) atoms. The number of fused-ring (bicyclic) bond motifs is 1. The van der Waals surface area contributed by atoms with Gasteiger partial charge in [0, 0.05) is 18.8 Å². The highest BCUT2D eigenvalue weighted by atomic mass is 32.2. The highest BCUT2D eigenvalue weighted by molar-refractivity contribution is 7.90. The number of sulfonamides is 1. The van der Waals surface area contributed by atoms with Gasteiger partial charge in [-0.1, -0.05) is 0 Å². The summed E-state index contributed by atoms with van der Waals surface area (Å²) in [5.41, 5.74) is 0.554. The van der Waals surface area contributed by atoms with E-state index in [1.165, 1.54) is 0 Å². The molecule has 0 amide bonds. The van der Waals surface area contributed by atoms with Crippen LogP contribution in [0.25, 0.3) is 0 Å². The second-order valence-electron chi connectivity index (χ2n) is 4.73. The van der Waals surface area contributed by atoms with Gasteiger partial charge in [-0.3, -0.25) is 4.98 Å². The van der Waals surface area contributed by atoms with Crippen LogP contribution in [0.2, 0.25) is 0 Å². The first-order chi connectivity index (χ1) is 10.9. The van der Waals surface area contributed by atoms with Gasteiger partial charge in [0.15, 0.2) is 11.6 Å². The van der Waals surface area contributed by atoms with E-state index in [1.54, 1.807) is 36.4 Å². The van der Waals surface area contributed by atoms with E-state index in [9.17, 15) is 17.2 Å². The topological polar surface area (TPSA) is 74.7 Å². The van der Waals surface area contributed by atoms with Crippen molar-refractivity contribution in [1.29, 1.82) is 0 Å². The molecule has 0 unspecified atom stereocenters. The molecule has 1 N–H and O–H groups in total. The fraction of sp³-hybridized carbons (Fsp3) is 0.143. The Labute approximate surface area is 131 Å². The summed E-state index contributed by atoms with van der Waals surface area (Å²) in [6, 6.07) is 4.84. The lowest BCUT2D eigenvalue weighted by Crippen LogP contribution is -2.39. The third-order valence-electron chi connectivity index (χ3n) is 3.28. The molecule has 1 aromatic carbocycles. The summed E-state index contributed by atoms with van der Waals surface area (Å²) in [5, 5.41) is 2.73. The van der Waals surface area contributed by atoms with Crippen molar-refractivity contribution in [2.24, 2.45) is 4.40 Å². The van der Waals surface area contributed by atoms with Gasteiger partial charge in [-0.25, -0.2) is 8.78 Å². The summed E-state index contributed by atoms with van der Waals surface area (Å²) in [6.45, 7) is 2.19. The normalized spacial score (nSPS) is 15.3. The summed E-state index contributed by atoms with van der Waals surface area (Å²) in [7, 11) is -4.14. The van der Waals surface area contributed by atoms with Gasteiger partial charge in [0.25, 0.3) is 10.0 Å². The van der Waals surface area contributed by atoms with E-state index in [0.29, 0.717) is 18.3 Å². The fourth-order valence-corrected chi connectivity index (χ4v) is 3.34. The Morgan fingerprint density at radius 3 is 2.65 bits per heavy atom. The van der Waals surface area contributed by atoms with Crippen molar-refractivity contribution >= 4 is 27.4 Å². The molecule has 0 spiro atoms. The second kappa shape index (κ2) is 5.58. The lowest BCUT2D eigenvalue weighted by Gasteiger charge is -2.28. The van der Waals surface area contributed by atoms with E-state index in [0.717, 1.165) is 6.07 Å². The molecule has 3 rings (SSSR count). The van der Waals surface area contributed by atoms with Gasteiger partial charge in [0.2, 0.25) is 5.96 Å². The van der Waals surface area contributed by atoms with E-state index in [4.69, 9.17) is 0 Å². The van der Waals surface area contributed by atoms with Crippen LogP contribution in [0.15, 0.2) is 46.0 Å². The predicted octanol–water partition coefficient (Wildman–Crippen LogP) is 2.36. The predicted molar refractivity (Wildman–Crippen MR) is 81.9 cm³/mol. The largest absolute Gasteiger partial charge is 0.324 e. The molecule has 2 heterocycles. The zero-order valence-corrected chi connectivity index (χ0v) is 12.8. The highest BCUT2D eigenvalue weighted by Crippen LogP contribution is 2.30. The van der Waals surface area contributed by atoms with E-state index in [2.05, 4.69) is 14.7 Å². The molecule has 0 atom stereocenters. The maximum Gasteiger partial charge on any atom is 0.287 e. The zero-order chi connectivity index (χ0) is 16.6. The van der Waals surface area contributed by atoms with Crippen LogP contribution in [0.3, 0.4) is 0 Å². The van der Waals surface area contributed by atoms with Crippen LogP contribution in [0.5, 0.6) is 0 Å². The third kappa shape index (κ3) is 2.74. The van der Waals surface area contributed by atoms with E-state index >= 15 is 0 Å². The average molecular weight is 338 g/mol. The summed E-state index contributed by atoms with van der Waals surface area (Å²) in [5.74, 6) is -2.39. The molecular weight excluding hydrogens is 326 g/mol. The van der Waals surface area contributed by atoms with Crippen molar-refractivity contribution in [3.63, 3.8) is 0 Å². The molecule has 9 heteroatoms. The van der Waals surface area contributed by atoms with Gasteiger partial charge in [0.1, 0.15) is 4.90 Å². The van der Waals surface area contributed by atoms with Gasteiger partial charge in [-0.05, 0) is 25.1 Å². The molecule has 0 bridgehead atoms. The minimum Gasteiger partial charge on any atom is -0.324 e. The number of nitrogens with one attached hydrogen (secondary N) is 1. The Bertz CT molecular complexity index is 885. The minimum absolute atomic E-state index is 0.000918. The van der Waals surface area contributed by atoms with Crippen molar-refractivity contribution in [3.8, 4) is 0 Å². The Kier molecular flexibility index (Phi) is 3.72. The summed E-state index contributed by atoms with van der Waals surface area (Å²) in [6.07, 6.45) is 3.12. The van der Waals surface area contributed by atoms with Crippen LogP contribution in [0.1, 0.15) is 6.92 Å². The van der Waals surface area contributed by atoms with Crippen LogP contribution < -0.4 is 10.2 Å². The maximum absolute atomic E-state index is 13.4. The molecule has 0 saturated carbocycles. The maximum atomic E-state index is 13.4. The number of anilines is 2. The molecule has 0 saturated heterocycles. The fourth-order valence-electron chi connectivity index (χ4n) is 2.23. The van der Waals surface area contributed by atoms with Crippen LogP contribution in [-0.2, 0) is 10.0 Å². The molecule has 1 aromatic heterocycles. The number of rotatable bonds is 2. The number of pyridine rings is 1. The van der Waals surface area contributed by atoms with Crippen molar-refractivity contribution in [1.82, 2.24) is 4.98 Å². The van der Waals surface area contributed by atoms with Crippen molar-refractivity contribution in [3.05, 3.63) is 48.3 Å². The van der Waals surface area contributed by atoms with E-state index in [-0.39, 0.29) is 11.6 Å². The van der Waals surface area contributed by atoms with Gasteiger partial charge < -0.3 is 10.2 Å². The molecule has 0 fully saturated rings. The summed E-state index contributed by atoms with van der Waals surface area (Å²) < 4.78 is 54.9. The molecule has 1 aliphatic rings. The number of hydrogen-bond donors (Lipinski definition) is 1. The zero-order valence-electron chi connectivity index (χ0n) is 12.0. The standard InChI is InChI=1S/C14H12F2N4O2S/c1-2-20(9-4-3-5-17-8-9)14-18-12-6-10(15)11(16)7-13(12)23(21,22)19-14/h3-8H,2H2,1H3,(H,18,19).